The number of rotatable bonds is 2. The molecule has 2 aromatic rings. The number of hydrogen-bond donors (Lipinski definition) is 1. The Morgan fingerprint density at radius 1 is 1.64 bits per heavy atom. The van der Waals surface area contributed by atoms with Gasteiger partial charge in [0.05, 0.1) is 6.54 Å². The largest absolute Gasteiger partial charge is 0.423 e. The summed E-state index contributed by atoms with van der Waals surface area (Å²) in [4.78, 5) is 19.3. The molecule has 0 aromatic carbocycles. The van der Waals surface area contributed by atoms with Gasteiger partial charge in [0, 0.05) is 18.7 Å². The average Bonchev–Trinajstić information content (AvgIpc) is 2.55. The number of ketones is 1. The summed E-state index contributed by atoms with van der Waals surface area (Å²) in [7, 11) is 0. The normalized spacial score (nSPS) is 10.7. The van der Waals surface area contributed by atoms with Crippen LogP contribution in [0, 0.1) is 6.92 Å². The lowest BCUT2D eigenvalue weighted by Crippen LogP contribution is -2.13. The van der Waals surface area contributed by atoms with E-state index in [2.05, 4.69) is 9.97 Å². The number of nitrogens with two attached hydrogens (primary N) is 1. The molecule has 5 heteroatoms. The number of fused-ring (bicyclic) bond motifs is 1. The van der Waals surface area contributed by atoms with Crippen molar-refractivity contribution in [2.45, 2.75) is 6.92 Å². The third kappa shape index (κ3) is 1.38. The molecule has 0 saturated carbocycles. The van der Waals surface area contributed by atoms with E-state index in [1.54, 1.807) is 13.0 Å². The van der Waals surface area contributed by atoms with Gasteiger partial charge in [-0.3, -0.25) is 4.79 Å². The second-order valence-electron chi connectivity index (χ2n) is 2.91. The molecule has 0 aliphatic heterocycles. The summed E-state index contributed by atoms with van der Waals surface area (Å²) in [5.41, 5.74) is 6.72. The molecular formula is C9H9N3O2. The van der Waals surface area contributed by atoms with Crippen molar-refractivity contribution in [1.29, 1.82) is 0 Å². The Kier molecular flexibility index (Phi) is 2.01. The van der Waals surface area contributed by atoms with Crippen molar-refractivity contribution < 1.29 is 9.21 Å². The minimum absolute atomic E-state index is 0.0238. The molecule has 2 rings (SSSR count). The molecule has 0 spiro atoms. The van der Waals surface area contributed by atoms with Crippen LogP contribution < -0.4 is 5.73 Å². The van der Waals surface area contributed by atoms with Gasteiger partial charge in [-0.1, -0.05) is 0 Å². The maximum atomic E-state index is 11.2. The number of hydrogen-bond acceptors (Lipinski definition) is 5. The zero-order chi connectivity index (χ0) is 10.1. The van der Waals surface area contributed by atoms with E-state index in [4.69, 9.17) is 10.2 Å². The first-order chi connectivity index (χ1) is 6.70. The minimum Gasteiger partial charge on any atom is -0.423 e. The summed E-state index contributed by atoms with van der Waals surface area (Å²) in [5, 5.41) is 0. The molecule has 2 aromatic heterocycles. The molecule has 0 saturated heterocycles. The van der Waals surface area contributed by atoms with Crippen molar-refractivity contribution in [2.75, 3.05) is 6.54 Å². The second-order valence-corrected chi connectivity index (χ2v) is 2.91. The van der Waals surface area contributed by atoms with Crippen LogP contribution in [0.1, 0.15) is 16.2 Å². The molecule has 2 heterocycles. The van der Waals surface area contributed by atoms with Crippen molar-refractivity contribution >= 4 is 17.0 Å². The lowest BCUT2D eigenvalue weighted by molar-refractivity contribution is 0.100. The summed E-state index contributed by atoms with van der Waals surface area (Å²) >= 11 is 0. The quantitative estimate of drug-likeness (QED) is 0.705. The summed E-state index contributed by atoms with van der Waals surface area (Å²) in [6.45, 7) is 1.70. The van der Waals surface area contributed by atoms with E-state index in [1.807, 2.05) is 0 Å². The van der Waals surface area contributed by atoms with Gasteiger partial charge in [-0.2, -0.15) is 0 Å². The van der Waals surface area contributed by atoms with Crippen molar-refractivity contribution in [2.24, 2.45) is 5.73 Å². The van der Waals surface area contributed by atoms with Crippen LogP contribution in [0.5, 0.6) is 0 Å². The highest BCUT2D eigenvalue weighted by Crippen LogP contribution is 2.13. The molecule has 0 unspecified atom stereocenters. The van der Waals surface area contributed by atoms with Gasteiger partial charge in [0.15, 0.2) is 11.7 Å². The maximum Gasteiger partial charge on any atom is 0.246 e. The van der Waals surface area contributed by atoms with Gasteiger partial charge < -0.3 is 10.2 Å². The van der Waals surface area contributed by atoms with Crippen molar-refractivity contribution in [3.05, 3.63) is 23.7 Å². The standard InChI is InChI=1S/C9H9N3O2/c1-5-12-7-2-6(8(13)3-10)4-11-9(7)14-5/h2,4H,3,10H2,1H3. The van der Waals surface area contributed by atoms with Crippen LogP contribution in [0.15, 0.2) is 16.7 Å². The van der Waals surface area contributed by atoms with E-state index in [0.717, 1.165) is 0 Å². The topological polar surface area (TPSA) is 82.0 Å². The van der Waals surface area contributed by atoms with Gasteiger partial charge in [0.1, 0.15) is 5.52 Å². The number of oxazole rings is 1. The molecule has 5 nitrogen and oxygen atoms in total. The Labute approximate surface area is 79.9 Å². The Morgan fingerprint density at radius 2 is 2.43 bits per heavy atom. The SMILES string of the molecule is Cc1nc2cc(C(=O)CN)cnc2o1. The number of Topliss-reactive ketones (excluding diaryl/α,β-unsaturated/α-hetero) is 1. The van der Waals surface area contributed by atoms with Crippen LogP contribution in [-0.4, -0.2) is 22.3 Å². The van der Waals surface area contributed by atoms with Crippen LogP contribution in [0.2, 0.25) is 0 Å². The zero-order valence-electron chi connectivity index (χ0n) is 7.65. The van der Waals surface area contributed by atoms with E-state index in [9.17, 15) is 4.79 Å². The van der Waals surface area contributed by atoms with E-state index < -0.39 is 0 Å². The molecule has 0 atom stereocenters. The van der Waals surface area contributed by atoms with Crippen LogP contribution in [0.3, 0.4) is 0 Å². The monoisotopic (exact) mass is 191 g/mol. The number of aromatic nitrogens is 2. The third-order valence-corrected chi connectivity index (χ3v) is 1.86. The van der Waals surface area contributed by atoms with Crippen LogP contribution >= 0.6 is 0 Å². The number of nitrogens with zero attached hydrogens (tertiary/aromatic N) is 2. The second kappa shape index (κ2) is 3.19. The highest BCUT2D eigenvalue weighted by molar-refractivity contribution is 5.99. The Bertz CT molecular complexity index is 490. The zero-order valence-corrected chi connectivity index (χ0v) is 7.65. The number of carbonyl (C=O) groups is 1. The predicted molar refractivity (Wildman–Crippen MR) is 49.9 cm³/mol. The van der Waals surface area contributed by atoms with Gasteiger partial charge in [0.2, 0.25) is 5.71 Å². The summed E-state index contributed by atoms with van der Waals surface area (Å²) < 4.78 is 5.17. The molecule has 0 radical (unpaired) electrons. The lowest BCUT2D eigenvalue weighted by Gasteiger charge is -1.94. The first-order valence-electron chi connectivity index (χ1n) is 4.17. The van der Waals surface area contributed by atoms with E-state index in [1.165, 1.54) is 6.20 Å². The molecule has 14 heavy (non-hydrogen) atoms. The van der Waals surface area contributed by atoms with Gasteiger partial charge >= 0.3 is 0 Å². The summed E-state index contributed by atoms with van der Waals surface area (Å²) in [5.74, 6) is 0.380. The number of pyridine rings is 1. The maximum absolute atomic E-state index is 11.2. The van der Waals surface area contributed by atoms with Crippen LogP contribution in [0.25, 0.3) is 11.2 Å². The fourth-order valence-corrected chi connectivity index (χ4v) is 1.20. The van der Waals surface area contributed by atoms with Gasteiger partial charge in [-0.25, -0.2) is 9.97 Å². The molecule has 0 aliphatic carbocycles. The predicted octanol–water partition coefficient (Wildman–Crippen LogP) is 0.673. The molecular weight excluding hydrogens is 182 g/mol. The van der Waals surface area contributed by atoms with Crippen LogP contribution in [-0.2, 0) is 0 Å². The van der Waals surface area contributed by atoms with Gasteiger partial charge in [0.25, 0.3) is 0 Å². The molecule has 0 bridgehead atoms. The average molecular weight is 191 g/mol. The van der Waals surface area contributed by atoms with Crippen molar-refractivity contribution in [3.63, 3.8) is 0 Å². The van der Waals surface area contributed by atoms with Crippen LogP contribution in [0.4, 0.5) is 0 Å². The fraction of sp³-hybridized carbons (Fsp3) is 0.222. The number of carbonyl (C=O) groups excluding carboxylic acids is 1. The van der Waals surface area contributed by atoms with Gasteiger partial charge in [-0.05, 0) is 6.07 Å². The molecule has 0 amide bonds. The van der Waals surface area contributed by atoms with E-state index in [0.29, 0.717) is 22.7 Å². The Balaban J connectivity index is 2.55. The van der Waals surface area contributed by atoms with Crippen molar-refractivity contribution in [3.8, 4) is 0 Å². The molecule has 72 valence electrons. The third-order valence-electron chi connectivity index (χ3n) is 1.86. The fourth-order valence-electron chi connectivity index (χ4n) is 1.20. The molecule has 0 aliphatic rings. The van der Waals surface area contributed by atoms with Crippen molar-refractivity contribution in [1.82, 2.24) is 9.97 Å². The first kappa shape index (κ1) is 8.83. The van der Waals surface area contributed by atoms with Gasteiger partial charge in [-0.15, -0.1) is 0 Å². The Hall–Kier alpha value is -1.75. The lowest BCUT2D eigenvalue weighted by atomic mass is 10.2. The summed E-state index contributed by atoms with van der Waals surface area (Å²) in [6.07, 6.45) is 1.45. The Morgan fingerprint density at radius 3 is 3.14 bits per heavy atom. The highest BCUT2D eigenvalue weighted by Gasteiger charge is 2.08. The summed E-state index contributed by atoms with van der Waals surface area (Å²) in [6, 6.07) is 1.63. The number of aryl methyl sites for hydroxylation is 1. The minimum atomic E-state index is -0.153. The smallest absolute Gasteiger partial charge is 0.246 e. The molecule has 2 N–H and O–H groups in total. The highest BCUT2D eigenvalue weighted by atomic mass is 16.4. The molecule has 0 fully saturated rings. The first-order valence-corrected chi connectivity index (χ1v) is 4.17. The van der Waals surface area contributed by atoms with E-state index in [-0.39, 0.29) is 12.3 Å². The van der Waals surface area contributed by atoms with E-state index >= 15 is 0 Å².